The summed E-state index contributed by atoms with van der Waals surface area (Å²) < 4.78 is 4.48. The van der Waals surface area contributed by atoms with E-state index >= 15 is 0 Å². The van der Waals surface area contributed by atoms with Crippen molar-refractivity contribution in [1.29, 1.82) is 0 Å². The minimum absolute atomic E-state index is 0.112. The molecule has 2 aromatic rings. The van der Waals surface area contributed by atoms with Crippen molar-refractivity contribution in [1.82, 2.24) is 14.3 Å². The third kappa shape index (κ3) is 4.44. The van der Waals surface area contributed by atoms with E-state index in [9.17, 15) is 4.79 Å². The van der Waals surface area contributed by atoms with Gasteiger partial charge in [0, 0.05) is 53.7 Å². The molecule has 8 heteroatoms. The van der Waals surface area contributed by atoms with Crippen molar-refractivity contribution in [3.05, 3.63) is 29.6 Å². The van der Waals surface area contributed by atoms with E-state index in [0.29, 0.717) is 12.0 Å². The van der Waals surface area contributed by atoms with Crippen LogP contribution in [0.25, 0.3) is 0 Å². The van der Waals surface area contributed by atoms with Crippen molar-refractivity contribution in [3.8, 4) is 0 Å². The van der Waals surface area contributed by atoms with Gasteiger partial charge in [0.25, 0.3) is 0 Å². The van der Waals surface area contributed by atoms with Gasteiger partial charge in [0.1, 0.15) is 11.9 Å². The molecule has 2 aliphatic heterocycles. The van der Waals surface area contributed by atoms with Crippen LogP contribution in [0.5, 0.6) is 0 Å². The van der Waals surface area contributed by atoms with Gasteiger partial charge in [-0.15, -0.1) is 11.8 Å². The first-order chi connectivity index (χ1) is 14.5. The van der Waals surface area contributed by atoms with Crippen molar-refractivity contribution < 1.29 is 4.79 Å². The molecular weight excluding hydrogens is 414 g/mol. The van der Waals surface area contributed by atoms with E-state index in [2.05, 4.69) is 64.7 Å². The molecule has 0 radical (unpaired) electrons. The molecule has 2 saturated heterocycles. The second-order valence-corrected chi connectivity index (χ2v) is 10.1. The summed E-state index contributed by atoms with van der Waals surface area (Å²) in [6.07, 6.45) is 4.95. The number of rotatable bonds is 6. The lowest BCUT2D eigenvalue weighted by Gasteiger charge is -2.36. The number of carbonyl (C=O) groups excluding carboxylic acids is 1. The fraction of sp³-hybridized carbons (Fsp3) is 0.591. The number of hydrogen-bond acceptors (Lipinski definition) is 7. The molecule has 2 fully saturated rings. The molecule has 0 bridgehead atoms. The normalized spacial score (nSPS) is 20.4. The maximum absolute atomic E-state index is 13.1. The van der Waals surface area contributed by atoms with E-state index in [0.717, 1.165) is 55.5 Å². The van der Waals surface area contributed by atoms with Crippen LogP contribution in [0.1, 0.15) is 50.4 Å². The van der Waals surface area contributed by atoms with Gasteiger partial charge in [0.15, 0.2) is 0 Å². The van der Waals surface area contributed by atoms with Crippen molar-refractivity contribution in [3.63, 3.8) is 0 Å². The van der Waals surface area contributed by atoms with E-state index in [1.165, 1.54) is 22.0 Å². The van der Waals surface area contributed by atoms with Gasteiger partial charge in [-0.2, -0.15) is 4.37 Å². The van der Waals surface area contributed by atoms with Gasteiger partial charge in [-0.25, -0.2) is 4.98 Å². The van der Waals surface area contributed by atoms with Gasteiger partial charge in [0.05, 0.1) is 0 Å². The average Bonchev–Trinajstić information content (AvgIpc) is 3.37. The summed E-state index contributed by atoms with van der Waals surface area (Å²) in [5.74, 6) is 1.54. The Morgan fingerprint density at radius 2 is 1.97 bits per heavy atom. The lowest BCUT2D eigenvalue weighted by atomic mass is 10.0. The molecule has 0 spiro atoms. The Kier molecular flexibility index (Phi) is 6.53. The largest absolute Gasteiger partial charge is 0.373 e. The third-order valence-electron chi connectivity index (χ3n) is 6.13. The van der Waals surface area contributed by atoms with Gasteiger partial charge in [-0.3, -0.25) is 4.79 Å². The van der Waals surface area contributed by atoms with E-state index in [4.69, 9.17) is 4.98 Å². The van der Waals surface area contributed by atoms with Gasteiger partial charge >= 0.3 is 0 Å². The molecule has 1 atom stereocenters. The zero-order chi connectivity index (χ0) is 21.3. The van der Waals surface area contributed by atoms with E-state index in [1.54, 1.807) is 11.8 Å². The van der Waals surface area contributed by atoms with Crippen molar-refractivity contribution >= 4 is 40.0 Å². The number of amides is 1. The molecule has 1 amide bonds. The lowest BCUT2D eigenvalue weighted by molar-refractivity contribution is -0.130. The van der Waals surface area contributed by atoms with Crippen LogP contribution in [0.3, 0.4) is 0 Å². The number of aryl methyl sites for hydroxylation is 1. The fourth-order valence-corrected chi connectivity index (χ4v) is 5.63. The predicted molar refractivity (Wildman–Crippen MR) is 126 cm³/mol. The first kappa shape index (κ1) is 21.4. The van der Waals surface area contributed by atoms with E-state index < -0.39 is 0 Å². The molecule has 1 N–H and O–H groups in total. The lowest BCUT2D eigenvalue weighted by Crippen LogP contribution is -2.47. The Hall–Kier alpha value is -1.80. The summed E-state index contributed by atoms with van der Waals surface area (Å²) >= 11 is 3.24. The van der Waals surface area contributed by atoms with Crippen LogP contribution in [0.4, 0.5) is 10.8 Å². The average molecular weight is 446 g/mol. The van der Waals surface area contributed by atoms with Crippen LogP contribution >= 0.6 is 23.3 Å². The summed E-state index contributed by atoms with van der Waals surface area (Å²) in [6, 6.07) is 6.61. The molecule has 1 unspecified atom stereocenters. The van der Waals surface area contributed by atoms with Gasteiger partial charge in [-0.05, 0) is 56.2 Å². The highest BCUT2D eigenvalue weighted by molar-refractivity contribution is 7.98. The third-order valence-corrected chi connectivity index (χ3v) is 7.64. The highest BCUT2D eigenvalue weighted by Gasteiger charge is 2.37. The van der Waals surface area contributed by atoms with E-state index in [1.807, 2.05) is 0 Å². The number of likely N-dealkylation sites (tertiary alicyclic amines) is 1. The predicted octanol–water partition coefficient (Wildman–Crippen LogP) is 4.37. The monoisotopic (exact) mass is 445 g/mol. The van der Waals surface area contributed by atoms with Crippen LogP contribution in [0.15, 0.2) is 23.1 Å². The maximum Gasteiger partial charge on any atom is 0.245 e. The highest BCUT2D eigenvalue weighted by atomic mass is 32.2. The van der Waals surface area contributed by atoms with Crippen LogP contribution < -0.4 is 10.2 Å². The summed E-state index contributed by atoms with van der Waals surface area (Å²) in [4.78, 5) is 23.5. The van der Waals surface area contributed by atoms with Gasteiger partial charge in [-0.1, -0.05) is 13.8 Å². The van der Waals surface area contributed by atoms with E-state index in [-0.39, 0.29) is 11.9 Å². The Labute approximate surface area is 187 Å². The van der Waals surface area contributed by atoms with Gasteiger partial charge < -0.3 is 15.1 Å². The summed E-state index contributed by atoms with van der Waals surface area (Å²) in [7, 11) is 0. The first-order valence-corrected chi connectivity index (χ1v) is 12.8. The molecule has 6 nitrogen and oxygen atoms in total. The summed E-state index contributed by atoms with van der Waals surface area (Å²) in [6.45, 7) is 9.08. The Balaban J connectivity index is 1.33. The topological polar surface area (TPSA) is 61.4 Å². The number of piperidine rings is 1. The quantitative estimate of drug-likeness (QED) is 0.666. The number of nitrogens with one attached hydrogen (secondary N) is 1. The molecule has 30 heavy (non-hydrogen) atoms. The minimum Gasteiger partial charge on any atom is -0.373 e. The van der Waals surface area contributed by atoms with Crippen LogP contribution in [-0.2, 0) is 4.79 Å². The number of benzene rings is 1. The molecule has 1 aromatic heterocycles. The summed E-state index contributed by atoms with van der Waals surface area (Å²) in [5.41, 5.74) is 2.26. The van der Waals surface area contributed by atoms with Crippen molar-refractivity contribution in [2.75, 3.05) is 36.1 Å². The van der Waals surface area contributed by atoms with Crippen LogP contribution in [-0.4, -0.2) is 58.1 Å². The molecule has 4 rings (SSSR count). The van der Waals surface area contributed by atoms with Crippen molar-refractivity contribution in [2.24, 2.45) is 0 Å². The van der Waals surface area contributed by atoms with Crippen LogP contribution in [0, 0.1) is 6.92 Å². The van der Waals surface area contributed by atoms with Crippen LogP contribution in [0.2, 0.25) is 0 Å². The number of carbonyl (C=O) groups is 1. The maximum atomic E-state index is 13.1. The Bertz CT molecular complexity index is 891. The fourth-order valence-electron chi connectivity index (χ4n) is 4.27. The smallest absolute Gasteiger partial charge is 0.245 e. The number of thioether (sulfide) groups is 1. The first-order valence-electron chi connectivity index (χ1n) is 10.8. The number of aromatic nitrogens is 2. The standard InChI is InChI=1S/C22H31N5OS2/c1-14(2)20-24-22(30-25-20)26-10-7-16(8-11-26)27-12-9-19(21(27)28)23-18-6-5-17(29-4)13-15(18)3/h5-6,13-14,16,19,23H,7-12H2,1-4H3. The molecule has 162 valence electrons. The SMILES string of the molecule is CSc1ccc(NC2CCN(C3CCN(c4nc(C(C)C)ns4)CC3)C2=O)c(C)c1. The van der Waals surface area contributed by atoms with Crippen molar-refractivity contribution in [2.45, 2.75) is 62.9 Å². The molecule has 0 aliphatic carbocycles. The Morgan fingerprint density at radius 1 is 1.20 bits per heavy atom. The molecular formula is C22H31N5OS2. The summed E-state index contributed by atoms with van der Waals surface area (Å²) in [5, 5.41) is 4.52. The van der Waals surface area contributed by atoms with Gasteiger partial charge in [0.2, 0.25) is 11.0 Å². The number of anilines is 2. The molecule has 0 saturated carbocycles. The highest BCUT2D eigenvalue weighted by Crippen LogP contribution is 2.29. The zero-order valence-corrected chi connectivity index (χ0v) is 19.9. The Morgan fingerprint density at radius 3 is 2.60 bits per heavy atom. The molecule has 3 heterocycles. The second kappa shape index (κ2) is 9.14. The molecule has 2 aliphatic rings. The molecule has 1 aromatic carbocycles. The minimum atomic E-state index is -0.112. The zero-order valence-electron chi connectivity index (χ0n) is 18.2. The second-order valence-electron chi connectivity index (χ2n) is 8.51. The number of nitrogens with zero attached hydrogens (tertiary/aromatic N) is 4. The number of hydrogen-bond donors (Lipinski definition) is 1.